The maximum Gasteiger partial charge on any atom is 0.389 e. The maximum atomic E-state index is 11.9. The van der Waals surface area contributed by atoms with Crippen molar-refractivity contribution in [3.05, 3.63) is 33.3 Å². The van der Waals surface area contributed by atoms with Gasteiger partial charge in [-0.3, -0.25) is 4.79 Å². The number of carbonyl (C=O) groups excluding carboxylic acids is 1. The second kappa shape index (κ2) is 5.19. The van der Waals surface area contributed by atoms with Gasteiger partial charge in [0, 0.05) is 16.5 Å². The second-order valence-electron chi connectivity index (χ2n) is 3.14. The van der Waals surface area contributed by atoms with E-state index in [4.69, 9.17) is 11.6 Å². The minimum atomic E-state index is -4.33. The standard InChI is InChI=1S/C10H7BrClF3O/c11-7-3-1-2-6(9(7)12)8(16)4-5-10(13,14)15/h1-3H,4-5H2. The molecule has 0 heterocycles. The molecule has 0 aliphatic heterocycles. The summed E-state index contributed by atoms with van der Waals surface area (Å²) in [5.41, 5.74) is 0.111. The third kappa shape index (κ3) is 3.79. The number of rotatable bonds is 3. The number of carbonyl (C=O) groups is 1. The highest BCUT2D eigenvalue weighted by atomic mass is 79.9. The van der Waals surface area contributed by atoms with Crippen LogP contribution in [0.5, 0.6) is 0 Å². The van der Waals surface area contributed by atoms with Gasteiger partial charge < -0.3 is 0 Å². The molecule has 0 spiro atoms. The Kier molecular flexibility index (Phi) is 4.38. The molecule has 0 saturated heterocycles. The van der Waals surface area contributed by atoms with Gasteiger partial charge in [0.05, 0.1) is 11.4 Å². The van der Waals surface area contributed by atoms with Crippen molar-refractivity contribution in [2.24, 2.45) is 0 Å². The molecular formula is C10H7BrClF3O. The third-order valence-electron chi connectivity index (χ3n) is 1.89. The Morgan fingerprint density at radius 1 is 1.38 bits per heavy atom. The molecule has 88 valence electrons. The Balaban J connectivity index is 2.78. The van der Waals surface area contributed by atoms with E-state index in [-0.39, 0.29) is 10.6 Å². The highest BCUT2D eigenvalue weighted by Crippen LogP contribution is 2.29. The predicted molar refractivity (Wildman–Crippen MR) is 58.8 cm³/mol. The number of Topliss-reactive ketones (excluding diaryl/α,β-unsaturated/α-hetero) is 1. The number of halogens is 5. The molecule has 0 aromatic heterocycles. The van der Waals surface area contributed by atoms with Crippen molar-refractivity contribution in [2.75, 3.05) is 0 Å². The molecule has 0 unspecified atom stereocenters. The van der Waals surface area contributed by atoms with Crippen LogP contribution >= 0.6 is 27.5 Å². The summed E-state index contributed by atoms with van der Waals surface area (Å²) in [4.78, 5) is 11.5. The number of ketones is 1. The summed E-state index contributed by atoms with van der Waals surface area (Å²) in [5.74, 6) is -0.608. The summed E-state index contributed by atoms with van der Waals surface area (Å²) < 4.78 is 36.2. The van der Waals surface area contributed by atoms with Crippen LogP contribution in [0.3, 0.4) is 0 Å². The van der Waals surface area contributed by atoms with Gasteiger partial charge in [-0.2, -0.15) is 13.2 Å². The normalized spacial score (nSPS) is 11.6. The third-order valence-corrected chi connectivity index (χ3v) is 3.18. The zero-order valence-corrected chi connectivity index (χ0v) is 10.3. The van der Waals surface area contributed by atoms with E-state index in [0.717, 1.165) is 0 Å². The van der Waals surface area contributed by atoms with Gasteiger partial charge in [-0.05, 0) is 28.1 Å². The Morgan fingerprint density at radius 3 is 2.56 bits per heavy atom. The van der Waals surface area contributed by atoms with Gasteiger partial charge in [-0.15, -0.1) is 0 Å². The molecule has 0 amide bonds. The van der Waals surface area contributed by atoms with Gasteiger partial charge in [-0.25, -0.2) is 0 Å². The van der Waals surface area contributed by atoms with Crippen LogP contribution in [0.25, 0.3) is 0 Å². The minimum Gasteiger partial charge on any atom is -0.294 e. The molecule has 0 aliphatic rings. The van der Waals surface area contributed by atoms with Gasteiger partial charge in [-0.1, -0.05) is 17.7 Å². The van der Waals surface area contributed by atoms with E-state index >= 15 is 0 Å². The molecule has 0 radical (unpaired) electrons. The molecule has 1 nitrogen and oxygen atoms in total. The predicted octanol–water partition coefficient (Wildman–Crippen LogP) is 4.63. The zero-order chi connectivity index (χ0) is 12.3. The first kappa shape index (κ1) is 13.5. The average molecular weight is 316 g/mol. The Morgan fingerprint density at radius 2 is 2.00 bits per heavy atom. The lowest BCUT2D eigenvalue weighted by molar-refractivity contribution is -0.133. The minimum absolute atomic E-state index is 0.111. The molecule has 0 bridgehead atoms. The molecule has 0 N–H and O–H groups in total. The lowest BCUT2D eigenvalue weighted by Gasteiger charge is -2.07. The van der Waals surface area contributed by atoms with E-state index < -0.39 is 24.8 Å². The molecule has 6 heteroatoms. The van der Waals surface area contributed by atoms with Gasteiger partial charge in [0.1, 0.15) is 0 Å². The van der Waals surface area contributed by atoms with E-state index in [1.165, 1.54) is 6.07 Å². The largest absolute Gasteiger partial charge is 0.389 e. The molecular weight excluding hydrogens is 308 g/mol. The van der Waals surface area contributed by atoms with Crippen LogP contribution in [-0.2, 0) is 0 Å². The summed E-state index contributed by atoms with van der Waals surface area (Å²) in [6, 6.07) is 4.57. The monoisotopic (exact) mass is 314 g/mol. The molecule has 0 fully saturated rings. The fraction of sp³-hybridized carbons (Fsp3) is 0.300. The maximum absolute atomic E-state index is 11.9. The van der Waals surface area contributed by atoms with Crippen molar-refractivity contribution in [2.45, 2.75) is 19.0 Å². The van der Waals surface area contributed by atoms with E-state index in [2.05, 4.69) is 15.9 Å². The summed E-state index contributed by atoms with van der Waals surface area (Å²) in [7, 11) is 0. The van der Waals surface area contributed by atoms with Crippen molar-refractivity contribution in [3.63, 3.8) is 0 Å². The summed E-state index contributed by atoms with van der Waals surface area (Å²) in [5, 5.41) is 0.148. The average Bonchev–Trinajstić information content (AvgIpc) is 2.17. The first-order valence-electron chi connectivity index (χ1n) is 4.35. The lowest BCUT2D eigenvalue weighted by atomic mass is 10.1. The topological polar surface area (TPSA) is 17.1 Å². The van der Waals surface area contributed by atoms with Crippen LogP contribution in [0, 0.1) is 0 Å². The second-order valence-corrected chi connectivity index (χ2v) is 4.37. The van der Waals surface area contributed by atoms with Crippen molar-refractivity contribution < 1.29 is 18.0 Å². The van der Waals surface area contributed by atoms with Crippen molar-refractivity contribution in [3.8, 4) is 0 Å². The van der Waals surface area contributed by atoms with Gasteiger partial charge in [0.25, 0.3) is 0 Å². The van der Waals surface area contributed by atoms with E-state index in [0.29, 0.717) is 4.47 Å². The summed E-state index contributed by atoms with van der Waals surface area (Å²) in [6.07, 6.45) is -6.04. The molecule has 0 aliphatic carbocycles. The van der Waals surface area contributed by atoms with Crippen molar-refractivity contribution in [1.29, 1.82) is 0 Å². The highest BCUT2D eigenvalue weighted by Gasteiger charge is 2.28. The molecule has 0 atom stereocenters. The number of hydrogen-bond donors (Lipinski definition) is 0. The molecule has 1 aromatic rings. The van der Waals surface area contributed by atoms with Gasteiger partial charge >= 0.3 is 6.18 Å². The van der Waals surface area contributed by atoms with Gasteiger partial charge in [0.15, 0.2) is 5.78 Å². The first-order valence-corrected chi connectivity index (χ1v) is 5.52. The van der Waals surface area contributed by atoms with Crippen molar-refractivity contribution >= 4 is 33.3 Å². The van der Waals surface area contributed by atoms with Crippen LogP contribution in [-0.4, -0.2) is 12.0 Å². The van der Waals surface area contributed by atoms with Crippen LogP contribution in [0.1, 0.15) is 23.2 Å². The fourth-order valence-electron chi connectivity index (χ4n) is 1.11. The van der Waals surface area contributed by atoms with Gasteiger partial charge in [0.2, 0.25) is 0 Å². The number of alkyl halides is 3. The van der Waals surface area contributed by atoms with Crippen LogP contribution < -0.4 is 0 Å². The van der Waals surface area contributed by atoms with E-state index in [1.54, 1.807) is 12.1 Å². The molecule has 0 saturated carbocycles. The quantitative estimate of drug-likeness (QED) is 0.743. The first-order chi connectivity index (χ1) is 7.31. The molecule has 1 rings (SSSR count). The Hall–Kier alpha value is -0.550. The highest BCUT2D eigenvalue weighted by molar-refractivity contribution is 9.10. The van der Waals surface area contributed by atoms with Crippen LogP contribution in [0.2, 0.25) is 5.02 Å². The number of hydrogen-bond acceptors (Lipinski definition) is 1. The van der Waals surface area contributed by atoms with Crippen LogP contribution in [0.4, 0.5) is 13.2 Å². The SMILES string of the molecule is O=C(CCC(F)(F)F)c1cccc(Br)c1Cl. The van der Waals surface area contributed by atoms with E-state index in [9.17, 15) is 18.0 Å². The Labute approximate surface area is 104 Å². The number of benzene rings is 1. The Bertz CT molecular complexity index is 404. The summed E-state index contributed by atoms with van der Waals surface area (Å²) >= 11 is 8.89. The lowest BCUT2D eigenvalue weighted by Crippen LogP contribution is -2.11. The fourth-order valence-corrected chi connectivity index (χ4v) is 1.71. The zero-order valence-electron chi connectivity index (χ0n) is 7.94. The summed E-state index contributed by atoms with van der Waals surface area (Å²) in [6.45, 7) is 0. The van der Waals surface area contributed by atoms with E-state index in [1.807, 2.05) is 0 Å². The smallest absolute Gasteiger partial charge is 0.294 e. The van der Waals surface area contributed by atoms with Crippen molar-refractivity contribution in [1.82, 2.24) is 0 Å². The van der Waals surface area contributed by atoms with Crippen LogP contribution in [0.15, 0.2) is 22.7 Å². The molecule has 1 aromatic carbocycles. The molecule has 16 heavy (non-hydrogen) atoms.